The minimum atomic E-state index is -0.707. The molecule has 0 amide bonds. The summed E-state index contributed by atoms with van der Waals surface area (Å²) in [5, 5.41) is 10.4. The van der Waals surface area contributed by atoms with Crippen LogP contribution in [0.1, 0.15) is 51.6 Å². The Morgan fingerprint density at radius 1 is 0.905 bits per heavy atom. The van der Waals surface area contributed by atoms with Gasteiger partial charge in [-0.05, 0) is 60.2 Å². The van der Waals surface area contributed by atoms with Gasteiger partial charge in [0, 0.05) is 28.7 Å². The zero-order valence-corrected chi connectivity index (χ0v) is 28.7. The van der Waals surface area contributed by atoms with E-state index in [4.69, 9.17) is 4.74 Å². The molecule has 0 aliphatic heterocycles. The molecule has 0 heterocycles. The van der Waals surface area contributed by atoms with Crippen LogP contribution in [0, 0.1) is 45.0 Å². The summed E-state index contributed by atoms with van der Waals surface area (Å²) in [6.45, 7) is 15.7. The van der Waals surface area contributed by atoms with Gasteiger partial charge in [0.2, 0.25) is 6.04 Å². The van der Waals surface area contributed by atoms with Crippen molar-refractivity contribution in [3.63, 3.8) is 0 Å². The average molecular weight is 790 g/mol. The number of ether oxygens (including phenoxy) is 1. The number of hydrogen-bond donors (Lipinski definition) is 1. The SMILES string of the molecule is C=[N+](O)C(CCc1ccc(-c2ccc(CCCN(C[CH2-])C[CH2-])cc2OC)cc1)C1=C(C)C(=O)c2ccccc2C1=O.[U+2]. The smallest absolute Gasteiger partial charge is 0.496 e. The summed E-state index contributed by atoms with van der Waals surface area (Å²) in [6.07, 6.45) is 3.00. The Balaban J connectivity index is 0.00000484. The monoisotopic (exact) mass is 789 g/mol. The number of aryl methyl sites for hydroxylation is 2. The Morgan fingerprint density at radius 3 is 2.12 bits per heavy atom. The Kier molecular flexibility index (Phi) is 12.4. The molecule has 7 heteroatoms. The molecule has 42 heavy (non-hydrogen) atoms. The number of carbonyl (C=O) groups excluding carboxylic acids is 2. The maximum Gasteiger partial charge on any atom is 2.00 e. The van der Waals surface area contributed by atoms with Crippen molar-refractivity contribution in [1.29, 1.82) is 0 Å². The molecule has 1 atom stereocenters. The molecule has 0 fully saturated rings. The molecule has 4 rings (SSSR count). The topological polar surface area (TPSA) is 69.9 Å². The molecule has 216 valence electrons. The number of hydrogen-bond acceptors (Lipinski definition) is 5. The van der Waals surface area contributed by atoms with Crippen molar-refractivity contribution in [3.05, 3.63) is 114 Å². The third-order valence-electron chi connectivity index (χ3n) is 7.91. The number of hydroxylamine groups is 1. The summed E-state index contributed by atoms with van der Waals surface area (Å²) in [4.78, 5) is 28.5. The summed E-state index contributed by atoms with van der Waals surface area (Å²) in [5.41, 5.74) is 5.76. The van der Waals surface area contributed by atoms with Crippen LogP contribution < -0.4 is 4.74 Å². The number of fused-ring (bicyclic) bond motifs is 1. The summed E-state index contributed by atoms with van der Waals surface area (Å²) < 4.78 is 6.53. The van der Waals surface area contributed by atoms with Crippen molar-refractivity contribution in [2.75, 3.05) is 26.7 Å². The zero-order chi connectivity index (χ0) is 29.5. The second-order valence-corrected chi connectivity index (χ2v) is 10.4. The molecule has 0 bridgehead atoms. The quantitative estimate of drug-likeness (QED) is 0.0750. The number of ketones is 2. The maximum atomic E-state index is 13.3. The molecule has 6 nitrogen and oxygen atoms in total. The molecule has 0 aromatic heterocycles. The van der Waals surface area contributed by atoms with Gasteiger partial charge in [0.25, 0.3) is 0 Å². The minimum Gasteiger partial charge on any atom is -0.496 e. The van der Waals surface area contributed by atoms with Crippen LogP contribution in [-0.4, -0.2) is 65.9 Å². The zero-order valence-electron chi connectivity index (χ0n) is 24.6. The number of benzene rings is 3. The molecule has 0 spiro atoms. The molecule has 1 aliphatic rings. The molecule has 3 aromatic carbocycles. The van der Waals surface area contributed by atoms with E-state index in [0.717, 1.165) is 59.7 Å². The van der Waals surface area contributed by atoms with Gasteiger partial charge in [-0.2, -0.15) is 0 Å². The predicted octanol–water partition coefficient (Wildman–Crippen LogP) is 6.06. The maximum absolute atomic E-state index is 13.3. The van der Waals surface area contributed by atoms with Gasteiger partial charge in [0.05, 0.1) is 12.7 Å². The second-order valence-electron chi connectivity index (χ2n) is 10.4. The van der Waals surface area contributed by atoms with Crippen LogP contribution in [0.3, 0.4) is 0 Å². The number of nitrogens with zero attached hydrogens (tertiary/aromatic N) is 2. The Morgan fingerprint density at radius 2 is 1.52 bits per heavy atom. The largest absolute Gasteiger partial charge is 2.00 e. The van der Waals surface area contributed by atoms with Gasteiger partial charge in [-0.3, -0.25) is 14.8 Å². The van der Waals surface area contributed by atoms with Crippen molar-refractivity contribution in [1.82, 2.24) is 4.90 Å². The molecule has 0 saturated carbocycles. The summed E-state index contributed by atoms with van der Waals surface area (Å²) in [7, 11) is 1.69. The first-order valence-corrected chi connectivity index (χ1v) is 14.0. The van der Waals surface area contributed by atoms with E-state index in [1.807, 2.05) is 12.1 Å². The first-order valence-electron chi connectivity index (χ1n) is 14.0. The van der Waals surface area contributed by atoms with Crippen LogP contribution in [0.4, 0.5) is 0 Å². The molecule has 3 aromatic rings. The van der Waals surface area contributed by atoms with Crippen molar-refractivity contribution < 1.29 is 55.4 Å². The minimum absolute atomic E-state index is 0. The Labute approximate surface area is 273 Å². The van der Waals surface area contributed by atoms with Crippen LogP contribution in [-0.2, 0) is 12.8 Å². The third-order valence-corrected chi connectivity index (χ3v) is 7.91. The fourth-order valence-electron chi connectivity index (χ4n) is 5.49. The van der Waals surface area contributed by atoms with E-state index >= 15 is 0 Å². The Hall–Kier alpha value is -2.98. The van der Waals surface area contributed by atoms with Gasteiger partial charge >= 0.3 is 31.1 Å². The first kappa shape index (κ1) is 33.5. The average Bonchev–Trinajstić information content (AvgIpc) is 3.00. The predicted molar refractivity (Wildman–Crippen MR) is 163 cm³/mol. The van der Waals surface area contributed by atoms with Gasteiger partial charge in [0.15, 0.2) is 18.3 Å². The number of carbonyl (C=O) groups is 2. The standard InChI is InChI=1S/C35H39N2O4.U/c1-6-37(7-2)22-10-11-26-16-20-28(32(23-26)41-5)27-18-14-25(15-19-27)17-21-31(36(4)40)33-24(3)34(38)29-12-8-9-13-30(29)35(33)39;/h8-9,12-16,18-20,23,31,40H,1-2,4,6-7,10-11,17,21-22H2,3,5H3;/q-1;+2. The van der Waals surface area contributed by atoms with Crippen LogP contribution in [0.5, 0.6) is 5.75 Å². The fraction of sp³-hybridized carbons (Fsp3) is 0.286. The van der Waals surface area contributed by atoms with Crippen molar-refractivity contribution in [2.45, 2.75) is 38.6 Å². The van der Waals surface area contributed by atoms with Gasteiger partial charge in [-0.1, -0.05) is 60.7 Å². The summed E-state index contributed by atoms with van der Waals surface area (Å²) >= 11 is 0. The third kappa shape index (κ3) is 7.50. The van der Waals surface area contributed by atoms with E-state index in [1.165, 1.54) is 5.56 Å². The van der Waals surface area contributed by atoms with Gasteiger partial charge in [-0.15, -0.1) is 13.1 Å². The van der Waals surface area contributed by atoms with Crippen LogP contribution in [0.25, 0.3) is 11.1 Å². The number of allylic oxidation sites excluding steroid dienone is 1. The number of Topliss-reactive ketones (excluding diaryl/α,β-unsaturated/α-hetero) is 2. The van der Waals surface area contributed by atoms with E-state index in [9.17, 15) is 14.8 Å². The van der Waals surface area contributed by atoms with Crippen molar-refractivity contribution in [2.24, 2.45) is 0 Å². The molecular formula is C35H39N2O4U+. The van der Waals surface area contributed by atoms with E-state index < -0.39 is 6.04 Å². The van der Waals surface area contributed by atoms with Crippen LogP contribution >= 0.6 is 0 Å². The van der Waals surface area contributed by atoms with Crippen LogP contribution in [0.15, 0.2) is 77.9 Å². The first-order chi connectivity index (χ1) is 19.8. The van der Waals surface area contributed by atoms with Crippen molar-refractivity contribution in [3.8, 4) is 16.9 Å². The van der Waals surface area contributed by atoms with E-state index in [2.05, 4.69) is 55.8 Å². The fourth-order valence-corrected chi connectivity index (χ4v) is 5.49. The van der Waals surface area contributed by atoms with E-state index in [-0.39, 0.29) is 42.7 Å². The number of rotatable bonds is 13. The molecule has 1 N–H and O–H groups in total. The normalized spacial score (nSPS) is 13.5. The van der Waals surface area contributed by atoms with E-state index in [0.29, 0.717) is 35.1 Å². The molecule has 0 radical (unpaired) electrons. The molecule has 1 unspecified atom stereocenters. The Bertz CT molecular complexity index is 1460. The van der Waals surface area contributed by atoms with Gasteiger partial charge in [0.1, 0.15) is 5.75 Å². The van der Waals surface area contributed by atoms with E-state index in [1.54, 1.807) is 38.3 Å². The summed E-state index contributed by atoms with van der Waals surface area (Å²) in [6, 6.07) is 20.7. The summed E-state index contributed by atoms with van der Waals surface area (Å²) in [5.74, 6) is 0.404. The molecular weight excluding hydrogens is 750 g/mol. The second kappa shape index (κ2) is 15.5. The van der Waals surface area contributed by atoms with Crippen LogP contribution in [0.2, 0.25) is 0 Å². The van der Waals surface area contributed by atoms with Gasteiger partial charge in [-0.25, -0.2) is 0 Å². The van der Waals surface area contributed by atoms with Gasteiger partial charge < -0.3 is 23.5 Å². The molecule has 1 aliphatic carbocycles. The van der Waals surface area contributed by atoms with Crippen molar-refractivity contribution >= 4 is 18.3 Å². The molecule has 0 saturated heterocycles. The number of methoxy groups -OCH3 is 1.